The van der Waals surface area contributed by atoms with Gasteiger partial charge in [-0.1, -0.05) is 6.07 Å². The van der Waals surface area contributed by atoms with E-state index in [0.717, 1.165) is 11.8 Å². The second kappa shape index (κ2) is 7.23. The molecule has 1 aromatic carbocycles. The van der Waals surface area contributed by atoms with Gasteiger partial charge in [-0.05, 0) is 36.0 Å². The number of carbonyl (C=O) groups is 1. The van der Waals surface area contributed by atoms with Crippen LogP contribution in [0.4, 0.5) is 5.69 Å². The van der Waals surface area contributed by atoms with Gasteiger partial charge in [0.25, 0.3) is 10.9 Å². The van der Waals surface area contributed by atoms with E-state index >= 15 is 0 Å². The van der Waals surface area contributed by atoms with E-state index in [9.17, 15) is 20.0 Å². The Labute approximate surface area is 151 Å². The molecular formula is C16H12N4O5S. The first-order valence-corrected chi connectivity index (χ1v) is 8.11. The highest BCUT2D eigenvalue weighted by Crippen LogP contribution is 2.28. The summed E-state index contributed by atoms with van der Waals surface area (Å²) in [6, 6.07) is 9.46. The van der Waals surface area contributed by atoms with Gasteiger partial charge >= 0.3 is 5.97 Å². The van der Waals surface area contributed by atoms with Gasteiger partial charge in [0.1, 0.15) is 4.91 Å². The largest absolute Gasteiger partial charge is 0.477 e. The zero-order chi connectivity index (χ0) is 18.7. The maximum absolute atomic E-state index is 11.6. The Morgan fingerprint density at radius 2 is 2.15 bits per heavy atom. The lowest BCUT2D eigenvalue weighted by molar-refractivity contribution is -0.384. The minimum Gasteiger partial charge on any atom is -0.477 e. The molecular weight excluding hydrogens is 360 g/mol. The van der Waals surface area contributed by atoms with Crippen molar-refractivity contribution in [2.75, 3.05) is 0 Å². The third-order valence-electron chi connectivity index (χ3n) is 3.29. The van der Waals surface area contributed by atoms with Crippen LogP contribution >= 0.6 is 11.8 Å². The van der Waals surface area contributed by atoms with Gasteiger partial charge in [0.2, 0.25) is 5.89 Å². The molecule has 9 nitrogen and oxygen atoms in total. The maximum Gasteiger partial charge on any atom is 0.342 e. The summed E-state index contributed by atoms with van der Waals surface area (Å²) in [7, 11) is 0. The first-order valence-electron chi connectivity index (χ1n) is 7.29. The van der Waals surface area contributed by atoms with Gasteiger partial charge < -0.3 is 14.1 Å². The average molecular weight is 372 g/mol. The molecule has 0 saturated carbocycles. The summed E-state index contributed by atoms with van der Waals surface area (Å²) in [6.45, 7) is 1.61. The smallest absolute Gasteiger partial charge is 0.342 e. The highest BCUT2D eigenvalue weighted by molar-refractivity contribution is 8.03. The number of nitrogens with zero attached hydrogens (tertiary/aromatic N) is 4. The SMILES string of the molecule is Cc1nnc(S/C(=C\c2cccn2-c2cccc([N+](=O)[O-])c2)C(=O)O)o1. The first-order chi connectivity index (χ1) is 12.4. The number of carboxylic acids is 1. The van der Waals surface area contributed by atoms with Gasteiger partial charge in [0.05, 0.1) is 10.6 Å². The second-order valence-electron chi connectivity index (χ2n) is 5.08. The lowest BCUT2D eigenvalue weighted by atomic mass is 10.2. The van der Waals surface area contributed by atoms with Crippen molar-refractivity contribution in [3.05, 3.63) is 69.2 Å². The molecule has 0 amide bonds. The summed E-state index contributed by atoms with van der Waals surface area (Å²) in [4.78, 5) is 22.0. The molecule has 0 spiro atoms. The summed E-state index contributed by atoms with van der Waals surface area (Å²) < 4.78 is 6.84. The number of rotatable bonds is 6. The third-order valence-corrected chi connectivity index (χ3v) is 4.15. The van der Waals surface area contributed by atoms with Crippen molar-refractivity contribution in [1.29, 1.82) is 0 Å². The van der Waals surface area contributed by atoms with Crippen molar-refractivity contribution in [2.24, 2.45) is 0 Å². The summed E-state index contributed by atoms with van der Waals surface area (Å²) in [6.07, 6.45) is 3.12. The Balaban J connectivity index is 1.98. The Bertz CT molecular complexity index is 1010. The fraction of sp³-hybridized carbons (Fsp3) is 0.0625. The van der Waals surface area contributed by atoms with E-state index in [1.165, 1.54) is 18.2 Å². The molecule has 0 atom stereocenters. The van der Waals surface area contributed by atoms with Crippen LogP contribution in [-0.2, 0) is 4.79 Å². The molecule has 1 N–H and O–H groups in total. The number of thioether (sulfide) groups is 1. The van der Waals surface area contributed by atoms with Crippen LogP contribution < -0.4 is 0 Å². The minimum atomic E-state index is -1.15. The van der Waals surface area contributed by atoms with Crippen molar-refractivity contribution in [3.63, 3.8) is 0 Å². The highest BCUT2D eigenvalue weighted by Gasteiger charge is 2.16. The highest BCUT2D eigenvalue weighted by atomic mass is 32.2. The molecule has 26 heavy (non-hydrogen) atoms. The molecule has 0 saturated heterocycles. The van der Waals surface area contributed by atoms with E-state index < -0.39 is 10.9 Å². The van der Waals surface area contributed by atoms with E-state index in [4.69, 9.17) is 4.42 Å². The quantitative estimate of drug-likeness (QED) is 0.302. The molecule has 132 valence electrons. The zero-order valence-corrected chi connectivity index (χ0v) is 14.2. The topological polar surface area (TPSA) is 124 Å². The molecule has 3 rings (SSSR count). The molecule has 10 heteroatoms. The van der Waals surface area contributed by atoms with E-state index in [2.05, 4.69) is 10.2 Å². The standard InChI is InChI=1S/C16H12N4O5S/c1-10-17-18-16(25-10)26-14(15(21)22)9-12-6-3-7-19(12)11-4-2-5-13(8-11)20(23)24/h2-9H,1H3,(H,21,22)/b14-9-. The number of benzene rings is 1. The van der Waals surface area contributed by atoms with Gasteiger partial charge in [-0.2, -0.15) is 0 Å². The third kappa shape index (κ3) is 3.81. The normalized spacial score (nSPS) is 11.5. The van der Waals surface area contributed by atoms with E-state index in [0.29, 0.717) is 17.3 Å². The van der Waals surface area contributed by atoms with E-state index in [1.54, 1.807) is 42.0 Å². The van der Waals surface area contributed by atoms with Gasteiger partial charge in [-0.25, -0.2) is 4.79 Å². The number of hydrogen-bond donors (Lipinski definition) is 1. The van der Waals surface area contributed by atoms with Crippen LogP contribution in [0.3, 0.4) is 0 Å². The molecule has 3 aromatic rings. The predicted molar refractivity (Wildman–Crippen MR) is 92.9 cm³/mol. The molecule has 0 aliphatic carbocycles. The number of aliphatic carboxylic acids is 1. The number of non-ortho nitro benzene ring substituents is 1. The zero-order valence-electron chi connectivity index (χ0n) is 13.4. The van der Waals surface area contributed by atoms with Crippen LogP contribution in [0.25, 0.3) is 11.8 Å². The monoisotopic (exact) mass is 372 g/mol. The van der Waals surface area contributed by atoms with Crippen molar-refractivity contribution in [3.8, 4) is 5.69 Å². The van der Waals surface area contributed by atoms with Crippen molar-refractivity contribution >= 4 is 29.5 Å². The number of aromatic nitrogens is 3. The van der Waals surface area contributed by atoms with Crippen LogP contribution in [0.1, 0.15) is 11.6 Å². The number of aryl methyl sites for hydroxylation is 1. The Hall–Kier alpha value is -3.40. The first kappa shape index (κ1) is 17.4. The van der Waals surface area contributed by atoms with Crippen molar-refractivity contribution in [2.45, 2.75) is 12.1 Å². The fourth-order valence-electron chi connectivity index (χ4n) is 2.19. The minimum absolute atomic E-state index is 0.0287. The van der Waals surface area contributed by atoms with Gasteiger partial charge in [0.15, 0.2) is 0 Å². The molecule has 0 bridgehead atoms. The van der Waals surface area contributed by atoms with Gasteiger partial charge in [0, 0.05) is 30.9 Å². The van der Waals surface area contributed by atoms with Crippen LogP contribution in [0.5, 0.6) is 0 Å². The molecule has 2 aromatic heterocycles. The lowest BCUT2D eigenvalue weighted by Gasteiger charge is -2.07. The number of carboxylic acid groups (broad SMARTS) is 1. The van der Waals surface area contributed by atoms with Gasteiger partial charge in [-0.15, -0.1) is 10.2 Å². The molecule has 0 aliphatic heterocycles. The van der Waals surface area contributed by atoms with Crippen LogP contribution in [0.15, 0.2) is 57.1 Å². The Morgan fingerprint density at radius 1 is 1.35 bits per heavy atom. The maximum atomic E-state index is 11.6. The van der Waals surface area contributed by atoms with Crippen LogP contribution in [0.2, 0.25) is 0 Å². The average Bonchev–Trinajstić information content (AvgIpc) is 3.23. The molecule has 2 heterocycles. The van der Waals surface area contributed by atoms with Crippen molar-refractivity contribution < 1.29 is 19.2 Å². The molecule has 0 radical (unpaired) electrons. The number of nitro groups is 1. The number of hydrogen-bond acceptors (Lipinski definition) is 7. The molecule has 0 aliphatic rings. The van der Waals surface area contributed by atoms with Crippen LogP contribution in [-0.4, -0.2) is 30.8 Å². The van der Waals surface area contributed by atoms with E-state index in [-0.39, 0.29) is 15.8 Å². The number of nitro benzene ring substituents is 1. The van der Waals surface area contributed by atoms with E-state index in [1.807, 2.05) is 0 Å². The summed E-state index contributed by atoms with van der Waals surface area (Å²) in [5, 5.41) is 27.9. The van der Waals surface area contributed by atoms with Crippen LogP contribution in [0, 0.1) is 17.0 Å². The molecule has 0 unspecified atom stereocenters. The second-order valence-corrected chi connectivity index (χ2v) is 6.08. The summed E-state index contributed by atoms with van der Waals surface area (Å²) in [5.74, 6) is -0.824. The Kier molecular flexibility index (Phi) is 4.85. The lowest BCUT2D eigenvalue weighted by Crippen LogP contribution is -2.00. The summed E-state index contributed by atoms with van der Waals surface area (Å²) in [5.41, 5.74) is 1.02. The Morgan fingerprint density at radius 3 is 2.81 bits per heavy atom. The predicted octanol–water partition coefficient (Wildman–Crippen LogP) is 3.29. The fourth-order valence-corrected chi connectivity index (χ4v) is 2.89. The molecule has 0 fully saturated rings. The van der Waals surface area contributed by atoms with Gasteiger partial charge in [-0.3, -0.25) is 10.1 Å². The summed E-state index contributed by atoms with van der Waals surface area (Å²) >= 11 is 0.828. The van der Waals surface area contributed by atoms with Crippen molar-refractivity contribution in [1.82, 2.24) is 14.8 Å².